The fourth-order valence-corrected chi connectivity index (χ4v) is 3.06. The van der Waals surface area contributed by atoms with Gasteiger partial charge in [0.1, 0.15) is 0 Å². The lowest BCUT2D eigenvalue weighted by molar-refractivity contribution is 0.505. The predicted octanol–water partition coefficient (Wildman–Crippen LogP) is 5.60. The van der Waals surface area contributed by atoms with Crippen LogP contribution in [0, 0.1) is 18.6 Å². The van der Waals surface area contributed by atoms with E-state index in [4.69, 9.17) is 0 Å². The summed E-state index contributed by atoms with van der Waals surface area (Å²) in [6, 6.07) is 11.2. The summed E-state index contributed by atoms with van der Waals surface area (Å²) in [5.41, 5.74) is 2.74. The highest BCUT2D eigenvalue weighted by Gasteiger charge is 2.17. The smallest absolute Gasteiger partial charge is 0.166 e. The van der Waals surface area contributed by atoms with Gasteiger partial charge in [0.25, 0.3) is 0 Å². The molecule has 0 unspecified atom stereocenters. The van der Waals surface area contributed by atoms with Gasteiger partial charge in [0, 0.05) is 5.56 Å². The largest absolute Gasteiger partial charge is 0.203 e. The van der Waals surface area contributed by atoms with E-state index < -0.39 is 11.6 Å². The first kappa shape index (κ1) is 13.3. The molecule has 0 amide bonds. The van der Waals surface area contributed by atoms with E-state index in [2.05, 4.69) is 12.1 Å². The predicted molar refractivity (Wildman–Crippen MR) is 77.7 cm³/mol. The average molecular weight is 272 g/mol. The summed E-state index contributed by atoms with van der Waals surface area (Å²) in [6.45, 7) is 1.57. The molecule has 3 rings (SSSR count). The lowest BCUT2D eigenvalue weighted by atomic mass is 9.95. The second-order valence-corrected chi connectivity index (χ2v) is 5.66. The fourth-order valence-electron chi connectivity index (χ4n) is 3.06. The van der Waals surface area contributed by atoms with Crippen molar-refractivity contribution in [2.45, 2.75) is 38.5 Å². The summed E-state index contributed by atoms with van der Waals surface area (Å²) in [5.74, 6) is -0.857. The van der Waals surface area contributed by atoms with Crippen LogP contribution in [0.25, 0.3) is 11.1 Å². The van der Waals surface area contributed by atoms with Crippen molar-refractivity contribution in [2.24, 2.45) is 0 Å². The zero-order valence-electron chi connectivity index (χ0n) is 11.6. The first-order valence-corrected chi connectivity index (χ1v) is 7.22. The summed E-state index contributed by atoms with van der Waals surface area (Å²) in [6.07, 6.45) is 5.08. The second kappa shape index (κ2) is 5.35. The maximum absolute atomic E-state index is 14.0. The van der Waals surface area contributed by atoms with E-state index in [1.807, 2.05) is 12.1 Å². The molecule has 0 spiro atoms. The molecular formula is C18H18F2. The number of hydrogen-bond acceptors (Lipinski definition) is 0. The lowest BCUT2D eigenvalue weighted by Crippen LogP contribution is -1.95. The number of hydrogen-bond donors (Lipinski definition) is 0. The number of halogens is 2. The van der Waals surface area contributed by atoms with Gasteiger partial charge in [0.05, 0.1) is 0 Å². The normalized spacial score (nSPS) is 15.8. The Hall–Kier alpha value is -1.70. The third kappa shape index (κ3) is 2.35. The molecule has 2 aromatic carbocycles. The standard InChI is InChI=1S/C18H18F2/c1-12-6-11-16(18(20)17(12)19)15-9-7-14(8-10-15)13-4-2-3-5-13/h6-11,13H,2-5H2,1H3. The van der Waals surface area contributed by atoms with Crippen molar-refractivity contribution in [1.29, 1.82) is 0 Å². The van der Waals surface area contributed by atoms with Crippen LogP contribution in [0.2, 0.25) is 0 Å². The summed E-state index contributed by atoms with van der Waals surface area (Å²) < 4.78 is 27.6. The Labute approximate surface area is 118 Å². The Balaban J connectivity index is 1.93. The van der Waals surface area contributed by atoms with Gasteiger partial charge in [-0.3, -0.25) is 0 Å². The van der Waals surface area contributed by atoms with E-state index in [1.165, 1.54) is 31.2 Å². The van der Waals surface area contributed by atoms with Gasteiger partial charge in [-0.1, -0.05) is 49.2 Å². The van der Waals surface area contributed by atoms with Gasteiger partial charge in [0.2, 0.25) is 0 Å². The number of rotatable bonds is 2. The van der Waals surface area contributed by atoms with E-state index in [0.717, 1.165) is 5.56 Å². The van der Waals surface area contributed by atoms with Crippen LogP contribution in [-0.4, -0.2) is 0 Å². The molecule has 1 aliphatic carbocycles. The second-order valence-electron chi connectivity index (χ2n) is 5.66. The molecule has 1 aliphatic rings. The highest BCUT2D eigenvalue weighted by atomic mass is 19.2. The van der Waals surface area contributed by atoms with Gasteiger partial charge in [-0.25, -0.2) is 8.78 Å². The molecule has 0 atom stereocenters. The number of benzene rings is 2. The highest BCUT2D eigenvalue weighted by molar-refractivity contribution is 5.65. The average Bonchev–Trinajstić information content (AvgIpc) is 3.00. The Morgan fingerprint density at radius 1 is 0.850 bits per heavy atom. The summed E-state index contributed by atoms with van der Waals surface area (Å²) in [7, 11) is 0. The molecule has 2 aromatic rings. The molecule has 104 valence electrons. The van der Waals surface area contributed by atoms with Crippen LogP contribution < -0.4 is 0 Å². The quantitative estimate of drug-likeness (QED) is 0.667. The summed E-state index contributed by atoms with van der Waals surface area (Å²) in [4.78, 5) is 0. The molecule has 0 saturated heterocycles. The molecule has 0 heterocycles. The Morgan fingerprint density at radius 2 is 1.50 bits per heavy atom. The van der Waals surface area contributed by atoms with Crippen LogP contribution in [0.1, 0.15) is 42.7 Å². The molecule has 0 aliphatic heterocycles. The Morgan fingerprint density at radius 3 is 2.15 bits per heavy atom. The maximum atomic E-state index is 14.0. The van der Waals surface area contributed by atoms with Crippen LogP contribution in [0.4, 0.5) is 8.78 Å². The molecule has 0 bridgehead atoms. The van der Waals surface area contributed by atoms with Gasteiger partial charge in [0.15, 0.2) is 11.6 Å². The van der Waals surface area contributed by atoms with Gasteiger partial charge in [-0.15, -0.1) is 0 Å². The molecule has 0 N–H and O–H groups in total. The topological polar surface area (TPSA) is 0 Å². The van der Waals surface area contributed by atoms with Crippen molar-refractivity contribution >= 4 is 0 Å². The lowest BCUT2D eigenvalue weighted by Gasteiger charge is -2.11. The van der Waals surface area contributed by atoms with Gasteiger partial charge < -0.3 is 0 Å². The van der Waals surface area contributed by atoms with Crippen molar-refractivity contribution in [1.82, 2.24) is 0 Å². The van der Waals surface area contributed by atoms with E-state index >= 15 is 0 Å². The molecule has 1 fully saturated rings. The van der Waals surface area contributed by atoms with Crippen LogP contribution >= 0.6 is 0 Å². The van der Waals surface area contributed by atoms with Crippen LogP contribution in [0.5, 0.6) is 0 Å². The first-order valence-electron chi connectivity index (χ1n) is 7.22. The van der Waals surface area contributed by atoms with E-state index in [-0.39, 0.29) is 0 Å². The zero-order valence-corrected chi connectivity index (χ0v) is 11.6. The van der Waals surface area contributed by atoms with Gasteiger partial charge >= 0.3 is 0 Å². The van der Waals surface area contributed by atoms with Crippen molar-refractivity contribution in [2.75, 3.05) is 0 Å². The highest BCUT2D eigenvalue weighted by Crippen LogP contribution is 2.35. The molecule has 0 aromatic heterocycles. The Kier molecular flexibility index (Phi) is 3.56. The fraction of sp³-hybridized carbons (Fsp3) is 0.333. The molecule has 0 radical (unpaired) electrons. The molecular weight excluding hydrogens is 254 g/mol. The van der Waals surface area contributed by atoms with E-state index in [0.29, 0.717) is 17.0 Å². The van der Waals surface area contributed by atoms with Gasteiger partial charge in [-0.2, -0.15) is 0 Å². The summed E-state index contributed by atoms with van der Waals surface area (Å²) in [5, 5.41) is 0. The third-order valence-electron chi connectivity index (χ3n) is 4.32. The van der Waals surface area contributed by atoms with Crippen LogP contribution in [0.3, 0.4) is 0 Å². The van der Waals surface area contributed by atoms with Crippen molar-refractivity contribution < 1.29 is 8.78 Å². The maximum Gasteiger partial charge on any atom is 0.166 e. The zero-order chi connectivity index (χ0) is 14.1. The minimum atomic E-state index is -0.751. The summed E-state index contributed by atoms with van der Waals surface area (Å²) >= 11 is 0. The van der Waals surface area contributed by atoms with E-state index in [9.17, 15) is 8.78 Å². The van der Waals surface area contributed by atoms with Crippen LogP contribution in [-0.2, 0) is 0 Å². The molecule has 20 heavy (non-hydrogen) atoms. The van der Waals surface area contributed by atoms with Crippen molar-refractivity contribution in [3.8, 4) is 11.1 Å². The van der Waals surface area contributed by atoms with Crippen molar-refractivity contribution in [3.63, 3.8) is 0 Å². The number of aryl methyl sites for hydroxylation is 1. The SMILES string of the molecule is Cc1ccc(-c2ccc(C3CCCC3)cc2)c(F)c1F. The van der Waals surface area contributed by atoms with Crippen molar-refractivity contribution in [3.05, 3.63) is 59.2 Å². The minimum Gasteiger partial charge on any atom is -0.203 e. The molecule has 0 nitrogen and oxygen atoms in total. The molecule has 1 saturated carbocycles. The molecule has 2 heteroatoms. The minimum absolute atomic E-state index is 0.339. The third-order valence-corrected chi connectivity index (χ3v) is 4.32. The monoisotopic (exact) mass is 272 g/mol. The van der Waals surface area contributed by atoms with Gasteiger partial charge in [-0.05, 0) is 42.4 Å². The first-order chi connectivity index (χ1) is 9.66. The van der Waals surface area contributed by atoms with E-state index in [1.54, 1.807) is 19.1 Å². The van der Waals surface area contributed by atoms with Crippen LogP contribution in [0.15, 0.2) is 36.4 Å². The Bertz CT molecular complexity index is 608.